The number of allylic oxidation sites excluding steroid dienone is 2. The minimum absolute atomic E-state index is 0.926. The maximum Gasteiger partial charge on any atom is 0.116 e. The molecule has 0 aliphatic heterocycles. The second kappa shape index (κ2) is 7.78. The van der Waals surface area contributed by atoms with Crippen LogP contribution in [0.3, 0.4) is 0 Å². The lowest BCUT2D eigenvalue weighted by Crippen LogP contribution is -2.32. The molecule has 3 aromatic rings. The van der Waals surface area contributed by atoms with Gasteiger partial charge in [0.05, 0.1) is 6.16 Å². The molecule has 0 unspecified atom stereocenters. The van der Waals surface area contributed by atoms with Gasteiger partial charge in [0.15, 0.2) is 0 Å². The van der Waals surface area contributed by atoms with Gasteiger partial charge in [-0.25, -0.2) is 0 Å². The predicted molar refractivity (Wildman–Crippen MR) is 108 cm³/mol. The van der Waals surface area contributed by atoms with Gasteiger partial charge in [0.25, 0.3) is 0 Å². The van der Waals surface area contributed by atoms with Crippen LogP contribution in [-0.4, -0.2) is 6.16 Å². The maximum absolute atomic E-state index is 5.45. The molecular weight excluding hydrogens is 307 g/mol. The van der Waals surface area contributed by atoms with Crippen molar-refractivity contribution >= 4 is 23.2 Å². The molecule has 1 heteroatoms. The molecule has 0 saturated carbocycles. The van der Waals surface area contributed by atoms with Crippen molar-refractivity contribution in [3.63, 3.8) is 0 Å². The molecule has 0 aliphatic rings. The van der Waals surface area contributed by atoms with E-state index in [1.54, 1.807) is 0 Å². The molecule has 116 valence electrons. The smallest absolute Gasteiger partial charge is 0.115 e. The first-order valence-electron chi connectivity index (χ1n) is 8.04. The fraction of sp³-hybridized carbons (Fsp3) is 0.0435. The van der Waals surface area contributed by atoms with Crippen LogP contribution in [-0.2, 0) is 0 Å². The van der Waals surface area contributed by atoms with Gasteiger partial charge in [-0.3, -0.25) is 0 Å². The third kappa shape index (κ3) is 3.18. The predicted octanol–water partition coefficient (Wildman–Crippen LogP) is 4.17. The van der Waals surface area contributed by atoms with Crippen LogP contribution < -0.4 is 15.9 Å². The molecule has 0 bridgehead atoms. The molecule has 0 amide bonds. The molecule has 0 aliphatic carbocycles. The van der Waals surface area contributed by atoms with Crippen LogP contribution in [0.15, 0.2) is 103 Å². The molecule has 3 aromatic carbocycles. The molecule has 0 N–H and O–H groups in total. The topological polar surface area (TPSA) is 0 Å². The SMILES string of the molecule is C#C/C=C/C[P+](c1ccccc1)(c1ccccc1)c1ccccc1. The van der Waals surface area contributed by atoms with E-state index in [2.05, 4.69) is 103 Å². The highest BCUT2D eigenvalue weighted by Gasteiger charge is 2.43. The monoisotopic (exact) mass is 327 g/mol. The molecule has 0 fully saturated rings. The minimum Gasteiger partial charge on any atom is -0.115 e. The lowest BCUT2D eigenvalue weighted by Gasteiger charge is -2.26. The van der Waals surface area contributed by atoms with Gasteiger partial charge in [0.2, 0.25) is 0 Å². The van der Waals surface area contributed by atoms with Crippen molar-refractivity contribution in [3.8, 4) is 12.3 Å². The van der Waals surface area contributed by atoms with Gasteiger partial charge in [0, 0.05) is 0 Å². The first-order chi connectivity index (χ1) is 11.9. The first-order valence-corrected chi connectivity index (χ1v) is 10.0. The second-order valence-corrected chi connectivity index (χ2v) is 9.10. The molecule has 0 nitrogen and oxygen atoms in total. The number of terminal acetylenes is 1. The van der Waals surface area contributed by atoms with Crippen molar-refractivity contribution in [1.29, 1.82) is 0 Å². The van der Waals surface area contributed by atoms with E-state index >= 15 is 0 Å². The normalized spacial score (nSPS) is 11.3. The van der Waals surface area contributed by atoms with Crippen LogP contribution >= 0.6 is 7.26 Å². The lowest BCUT2D eigenvalue weighted by molar-refractivity contribution is 1.65. The van der Waals surface area contributed by atoms with E-state index in [0.29, 0.717) is 0 Å². The zero-order valence-corrected chi connectivity index (χ0v) is 14.4. The van der Waals surface area contributed by atoms with E-state index < -0.39 is 7.26 Å². The Hall–Kier alpha value is -2.61. The second-order valence-electron chi connectivity index (χ2n) is 5.57. The van der Waals surface area contributed by atoms with Crippen LogP contribution in [0, 0.1) is 12.3 Å². The highest BCUT2D eigenvalue weighted by atomic mass is 31.2. The number of benzene rings is 3. The number of hydrogen-bond acceptors (Lipinski definition) is 0. The fourth-order valence-electron chi connectivity index (χ4n) is 3.09. The summed E-state index contributed by atoms with van der Waals surface area (Å²) in [5.74, 6) is 2.63. The van der Waals surface area contributed by atoms with E-state index in [-0.39, 0.29) is 0 Å². The molecule has 0 radical (unpaired) electrons. The number of hydrogen-bond donors (Lipinski definition) is 0. The van der Waals surface area contributed by atoms with Crippen LogP contribution in [0.5, 0.6) is 0 Å². The third-order valence-electron chi connectivity index (χ3n) is 4.18. The molecular formula is C23H20P+. The quantitative estimate of drug-likeness (QED) is 0.487. The van der Waals surface area contributed by atoms with Gasteiger partial charge in [-0.2, -0.15) is 0 Å². The summed E-state index contributed by atoms with van der Waals surface area (Å²) in [5, 5.41) is 4.14. The standard InChI is InChI=1S/C23H20P/c1-2-3-13-20-24(21-14-7-4-8-15-21,22-16-9-5-10-17-22)23-18-11-6-12-19-23/h1,3-19H,20H2/q+1/b13-3+. The highest BCUT2D eigenvalue weighted by molar-refractivity contribution is 7.95. The summed E-state index contributed by atoms with van der Waals surface area (Å²) in [6.45, 7) is 0. The van der Waals surface area contributed by atoms with Crippen LogP contribution in [0.2, 0.25) is 0 Å². The molecule has 0 heterocycles. The van der Waals surface area contributed by atoms with Gasteiger partial charge in [-0.15, -0.1) is 6.42 Å². The maximum atomic E-state index is 5.45. The molecule has 3 rings (SSSR count). The summed E-state index contributed by atoms with van der Waals surface area (Å²) in [6, 6.07) is 32.5. The summed E-state index contributed by atoms with van der Waals surface area (Å²) in [4.78, 5) is 0. The van der Waals surface area contributed by atoms with E-state index in [4.69, 9.17) is 6.42 Å². The summed E-state index contributed by atoms with van der Waals surface area (Å²) in [7, 11) is -1.77. The zero-order chi connectivity index (χ0) is 16.7. The van der Waals surface area contributed by atoms with Crippen molar-refractivity contribution in [2.24, 2.45) is 0 Å². The van der Waals surface area contributed by atoms with Gasteiger partial charge in [-0.1, -0.05) is 60.5 Å². The molecule has 0 spiro atoms. The molecule has 0 atom stereocenters. The zero-order valence-electron chi connectivity index (χ0n) is 13.5. The van der Waals surface area contributed by atoms with Crippen molar-refractivity contribution in [1.82, 2.24) is 0 Å². The summed E-state index contributed by atoms with van der Waals surface area (Å²) in [6.07, 6.45) is 10.3. The molecule has 0 saturated heterocycles. The van der Waals surface area contributed by atoms with Crippen LogP contribution in [0.25, 0.3) is 0 Å². The lowest BCUT2D eigenvalue weighted by atomic mass is 10.4. The summed E-state index contributed by atoms with van der Waals surface area (Å²) >= 11 is 0. The Morgan fingerprint density at radius 3 is 1.38 bits per heavy atom. The highest BCUT2D eigenvalue weighted by Crippen LogP contribution is 2.55. The average Bonchev–Trinajstić information content (AvgIpc) is 2.68. The van der Waals surface area contributed by atoms with Gasteiger partial charge < -0.3 is 0 Å². The van der Waals surface area contributed by atoms with E-state index in [0.717, 1.165) is 6.16 Å². The Labute approximate surface area is 145 Å². The largest absolute Gasteiger partial charge is 0.116 e. The van der Waals surface area contributed by atoms with Crippen molar-refractivity contribution in [3.05, 3.63) is 103 Å². The minimum atomic E-state index is -1.77. The van der Waals surface area contributed by atoms with Crippen LogP contribution in [0.1, 0.15) is 0 Å². The Bertz CT molecular complexity index is 731. The molecule has 24 heavy (non-hydrogen) atoms. The van der Waals surface area contributed by atoms with E-state index in [9.17, 15) is 0 Å². The van der Waals surface area contributed by atoms with Gasteiger partial charge in [0.1, 0.15) is 23.2 Å². The van der Waals surface area contributed by atoms with Crippen molar-refractivity contribution < 1.29 is 0 Å². The Kier molecular flexibility index (Phi) is 5.27. The van der Waals surface area contributed by atoms with Gasteiger partial charge in [-0.05, 0) is 48.6 Å². The average molecular weight is 327 g/mol. The van der Waals surface area contributed by atoms with Gasteiger partial charge >= 0.3 is 0 Å². The Balaban J connectivity index is 2.28. The van der Waals surface area contributed by atoms with Crippen LogP contribution in [0.4, 0.5) is 0 Å². The fourth-order valence-corrected chi connectivity index (χ4v) is 7.08. The molecule has 0 aromatic heterocycles. The summed E-state index contributed by atoms with van der Waals surface area (Å²) < 4.78 is 0. The first kappa shape index (κ1) is 16.3. The Morgan fingerprint density at radius 2 is 1.04 bits per heavy atom. The van der Waals surface area contributed by atoms with E-state index in [1.807, 2.05) is 6.08 Å². The van der Waals surface area contributed by atoms with E-state index in [1.165, 1.54) is 15.9 Å². The number of rotatable bonds is 5. The Morgan fingerprint density at radius 1 is 0.667 bits per heavy atom. The van der Waals surface area contributed by atoms with Crippen molar-refractivity contribution in [2.75, 3.05) is 6.16 Å². The summed E-state index contributed by atoms with van der Waals surface area (Å²) in [5.41, 5.74) is 0. The third-order valence-corrected chi connectivity index (χ3v) is 8.48. The van der Waals surface area contributed by atoms with Crippen molar-refractivity contribution in [2.45, 2.75) is 0 Å².